The molecule has 0 fully saturated rings. The van der Waals surface area contributed by atoms with Gasteiger partial charge in [0.15, 0.2) is 0 Å². The van der Waals surface area contributed by atoms with Crippen molar-refractivity contribution in [1.82, 2.24) is 10.2 Å². The summed E-state index contributed by atoms with van der Waals surface area (Å²) in [5.74, 6) is -2.08. The van der Waals surface area contributed by atoms with Gasteiger partial charge in [-0.05, 0) is 0 Å². The van der Waals surface area contributed by atoms with Gasteiger partial charge in [0.05, 0.1) is 12.5 Å². The van der Waals surface area contributed by atoms with Gasteiger partial charge in [0, 0.05) is 25.2 Å². The van der Waals surface area contributed by atoms with E-state index in [-0.39, 0.29) is 26.1 Å². The molecule has 0 spiro atoms. The zero-order valence-electron chi connectivity index (χ0n) is 10.6. The highest BCUT2D eigenvalue weighted by atomic mass is 16.5. The number of carboxylic acids is 1. The summed E-state index contributed by atoms with van der Waals surface area (Å²) in [7, 11) is 0. The maximum absolute atomic E-state index is 11.4. The Morgan fingerprint density at radius 2 is 1.95 bits per heavy atom. The predicted octanol–water partition coefficient (Wildman–Crippen LogP) is -1.56. The Balaban J connectivity index is 2.38. The van der Waals surface area contributed by atoms with E-state index >= 15 is 0 Å². The Bertz CT molecular complexity index is 429. The Kier molecular flexibility index (Phi) is 5.66. The van der Waals surface area contributed by atoms with Crippen LogP contribution in [0.15, 0.2) is 12.2 Å². The van der Waals surface area contributed by atoms with Gasteiger partial charge < -0.3 is 20.9 Å². The van der Waals surface area contributed by atoms with Gasteiger partial charge in [0.1, 0.15) is 6.61 Å². The molecule has 4 N–H and O–H groups in total. The number of ether oxygens (including phenoxy) is 1. The van der Waals surface area contributed by atoms with Crippen LogP contribution in [0.5, 0.6) is 0 Å². The third-order valence-electron chi connectivity index (χ3n) is 2.50. The minimum atomic E-state index is -1.05. The van der Waals surface area contributed by atoms with E-state index in [0.717, 1.165) is 17.1 Å². The molecule has 110 valence electrons. The van der Waals surface area contributed by atoms with Gasteiger partial charge in [0.2, 0.25) is 0 Å². The van der Waals surface area contributed by atoms with E-state index in [1.54, 1.807) is 0 Å². The number of nitrogens with two attached hydrogens (primary N) is 1. The van der Waals surface area contributed by atoms with Crippen LogP contribution in [-0.2, 0) is 19.1 Å². The van der Waals surface area contributed by atoms with Gasteiger partial charge in [-0.15, -0.1) is 0 Å². The molecule has 3 amide bonds. The summed E-state index contributed by atoms with van der Waals surface area (Å²) in [6, 6.07) is -0.754. The van der Waals surface area contributed by atoms with Crippen LogP contribution in [0.2, 0.25) is 0 Å². The van der Waals surface area contributed by atoms with E-state index in [0.29, 0.717) is 0 Å². The van der Waals surface area contributed by atoms with Crippen LogP contribution in [-0.4, -0.2) is 59.6 Å². The van der Waals surface area contributed by atoms with E-state index in [9.17, 15) is 19.2 Å². The molecule has 0 aromatic heterocycles. The summed E-state index contributed by atoms with van der Waals surface area (Å²) >= 11 is 0. The van der Waals surface area contributed by atoms with Crippen LogP contribution < -0.4 is 11.1 Å². The number of amides is 3. The van der Waals surface area contributed by atoms with Crippen molar-refractivity contribution in [2.24, 2.45) is 5.73 Å². The number of carbonyl (C=O) groups is 4. The van der Waals surface area contributed by atoms with E-state index < -0.39 is 29.9 Å². The monoisotopic (exact) mass is 285 g/mol. The lowest BCUT2D eigenvalue weighted by Gasteiger charge is -2.24. The molecule has 0 unspecified atom stereocenters. The smallest absolute Gasteiger partial charge is 0.407 e. The Labute approximate surface area is 114 Å². The first-order valence-corrected chi connectivity index (χ1v) is 5.83. The van der Waals surface area contributed by atoms with Crippen LogP contribution >= 0.6 is 0 Å². The fourth-order valence-corrected chi connectivity index (χ4v) is 1.51. The first-order valence-electron chi connectivity index (χ1n) is 5.83. The Hall–Kier alpha value is -2.42. The number of rotatable bonds is 7. The van der Waals surface area contributed by atoms with Gasteiger partial charge in [-0.25, -0.2) is 4.79 Å². The number of hydrogen-bond donors (Lipinski definition) is 3. The van der Waals surface area contributed by atoms with Crippen molar-refractivity contribution in [3.63, 3.8) is 0 Å². The molecule has 0 saturated heterocycles. The lowest BCUT2D eigenvalue weighted by atomic mass is 10.2. The maximum Gasteiger partial charge on any atom is 0.407 e. The third-order valence-corrected chi connectivity index (χ3v) is 2.50. The summed E-state index contributed by atoms with van der Waals surface area (Å²) in [5.41, 5.74) is 5.44. The van der Waals surface area contributed by atoms with E-state index in [2.05, 4.69) is 5.32 Å². The van der Waals surface area contributed by atoms with Crippen molar-refractivity contribution in [1.29, 1.82) is 0 Å². The second-order valence-corrected chi connectivity index (χ2v) is 3.94. The highest BCUT2D eigenvalue weighted by Gasteiger charge is 2.31. The van der Waals surface area contributed by atoms with E-state index in [1.165, 1.54) is 0 Å². The fourth-order valence-electron chi connectivity index (χ4n) is 1.51. The average Bonchev–Trinajstić information content (AvgIpc) is 2.71. The van der Waals surface area contributed by atoms with Gasteiger partial charge in [-0.3, -0.25) is 19.3 Å². The number of carbonyl (C=O) groups excluding carboxylic acids is 3. The molecule has 20 heavy (non-hydrogen) atoms. The number of imide groups is 1. The van der Waals surface area contributed by atoms with Gasteiger partial charge in [-0.1, -0.05) is 0 Å². The summed E-state index contributed by atoms with van der Waals surface area (Å²) in [4.78, 5) is 45.2. The predicted molar refractivity (Wildman–Crippen MR) is 65.4 cm³/mol. The summed E-state index contributed by atoms with van der Waals surface area (Å²) < 4.78 is 4.79. The summed E-state index contributed by atoms with van der Waals surface area (Å²) in [5, 5.41) is 10.6. The second kappa shape index (κ2) is 7.24. The molecular formula is C11H15N3O6. The molecular weight excluding hydrogens is 270 g/mol. The highest BCUT2D eigenvalue weighted by Crippen LogP contribution is 2.09. The fraction of sp³-hybridized carbons (Fsp3) is 0.455. The Morgan fingerprint density at radius 3 is 2.45 bits per heavy atom. The van der Waals surface area contributed by atoms with Crippen LogP contribution in [0, 0.1) is 0 Å². The summed E-state index contributed by atoms with van der Waals surface area (Å²) in [6.45, 7) is -0.388. The zero-order valence-corrected chi connectivity index (χ0v) is 10.6. The normalized spacial score (nSPS) is 15.3. The number of carboxylic acid groups (broad SMARTS) is 1. The molecule has 0 radical (unpaired) electrons. The number of aliphatic carboxylic acids is 1. The Morgan fingerprint density at radius 1 is 1.35 bits per heavy atom. The van der Waals surface area contributed by atoms with E-state index in [4.69, 9.17) is 15.6 Å². The molecule has 1 aliphatic heterocycles. The molecule has 0 saturated carbocycles. The van der Waals surface area contributed by atoms with Gasteiger partial charge >= 0.3 is 12.1 Å². The van der Waals surface area contributed by atoms with Crippen molar-refractivity contribution in [2.45, 2.75) is 12.5 Å². The number of alkyl carbamates (subject to hydrolysis) is 1. The molecule has 1 atom stereocenters. The SMILES string of the molecule is NC[C@@H](COC(=O)NCCC(=O)O)N1C(=O)C=CC1=O. The molecule has 1 aliphatic rings. The number of nitrogens with one attached hydrogen (secondary N) is 1. The topological polar surface area (TPSA) is 139 Å². The molecule has 0 bridgehead atoms. The molecule has 1 heterocycles. The first kappa shape index (κ1) is 15.6. The lowest BCUT2D eigenvalue weighted by molar-refractivity contribution is -0.140. The number of nitrogens with zero attached hydrogens (tertiary/aromatic N) is 1. The quantitative estimate of drug-likeness (QED) is 0.480. The highest BCUT2D eigenvalue weighted by molar-refractivity contribution is 6.13. The molecule has 1 rings (SSSR count). The van der Waals surface area contributed by atoms with Crippen molar-refractivity contribution in [3.8, 4) is 0 Å². The molecule has 0 aromatic carbocycles. The van der Waals surface area contributed by atoms with Crippen LogP contribution in [0.25, 0.3) is 0 Å². The molecule has 0 aromatic rings. The van der Waals surface area contributed by atoms with Gasteiger partial charge in [0.25, 0.3) is 11.8 Å². The molecule has 0 aliphatic carbocycles. The lowest BCUT2D eigenvalue weighted by Crippen LogP contribution is -2.48. The van der Waals surface area contributed by atoms with Crippen molar-refractivity contribution in [2.75, 3.05) is 19.7 Å². The largest absolute Gasteiger partial charge is 0.481 e. The van der Waals surface area contributed by atoms with Crippen molar-refractivity contribution in [3.05, 3.63) is 12.2 Å². The molecule has 9 nitrogen and oxygen atoms in total. The van der Waals surface area contributed by atoms with Crippen LogP contribution in [0.3, 0.4) is 0 Å². The standard InChI is InChI=1S/C11H15N3O6/c12-5-7(14-8(15)1-2-9(14)16)6-20-11(19)13-4-3-10(17)18/h1-2,7H,3-6,12H2,(H,13,19)(H,17,18)/t7-/m0/s1. The minimum absolute atomic E-state index is 0.0540. The number of hydrogen-bond acceptors (Lipinski definition) is 6. The van der Waals surface area contributed by atoms with E-state index in [1.807, 2.05) is 0 Å². The van der Waals surface area contributed by atoms with Gasteiger partial charge in [-0.2, -0.15) is 0 Å². The molecule has 9 heteroatoms. The van der Waals surface area contributed by atoms with Crippen molar-refractivity contribution >= 4 is 23.9 Å². The van der Waals surface area contributed by atoms with Crippen LogP contribution in [0.4, 0.5) is 4.79 Å². The minimum Gasteiger partial charge on any atom is -0.481 e. The summed E-state index contributed by atoms with van der Waals surface area (Å²) in [6.07, 6.45) is 1.15. The first-order chi connectivity index (χ1) is 9.45. The zero-order chi connectivity index (χ0) is 15.1. The average molecular weight is 285 g/mol. The van der Waals surface area contributed by atoms with Crippen molar-refractivity contribution < 1.29 is 29.0 Å². The second-order valence-electron chi connectivity index (χ2n) is 3.94. The third kappa shape index (κ3) is 4.35. The maximum atomic E-state index is 11.4. The van der Waals surface area contributed by atoms with Crippen LogP contribution in [0.1, 0.15) is 6.42 Å².